The molecule has 0 radical (unpaired) electrons. The van der Waals surface area contributed by atoms with E-state index >= 15 is 0 Å². The lowest BCUT2D eigenvalue weighted by Gasteiger charge is -2.05. The molecule has 1 heterocycles. The van der Waals surface area contributed by atoms with Crippen molar-refractivity contribution in [2.45, 2.75) is 25.9 Å². The number of hydrogen-bond donors (Lipinski definition) is 3. The van der Waals surface area contributed by atoms with Crippen LogP contribution in [0.1, 0.15) is 18.9 Å². The first-order valence-electron chi connectivity index (χ1n) is 4.32. The van der Waals surface area contributed by atoms with Gasteiger partial charge in [0.25, 0.3) is 0 Å². The number of aromatic nitrogens is 1. The van der Waals surface area contributed by atoms with E-state index in [2.05, 4.69) is 10.3 Å². The molecule has 4 N–H and O–H groups in total. The van der Waals surface area contributed by atoms with Crippen molar-refractivity contribution in [1.29, 1.82) is 0 Å². The third-order valence-electron chi connectivity index (χ3n) is 1.66. The highest BCUT2D eigenvalue weighted by atomic mass is 16.1. The van der Waals surface area contributed by atoms with Gasteiger partial charge in [-0.15, -0.1) is 0 Å². The maximum Gasteiger partial charge on any atom is 0.221 e. The number of aromatic amines is 1. The van der Waals surface area contributed by atoms with Crippen LogP contribution in [0.3, 0.4) is 0 Å². The van der Waals surface area contributed by atoms with Gasteiger partial charge in [0.1, 0.15) is 0 Å². The first kappa shape index (κ1) is 9.80. The number of rotatable bonds is 4. The summed E-state index contributed by atoms with van der Waals surface area (Å²) in [6, 6.07) is 1.85. The van der Waals surface area contributed by atoms with E-state index in [0.29, 0.717) is 13.0 Å². The fourth-order valence-electron chi connectivity index (χ4n) is 1.03. The Morgan fingerprint density at radius 2 is 2.54 bits per heavy atom. The van der Waals surface area contributed by atoms with Gasteiger partial charge in [-0.2, -0.15) is 0 Å². The molecule has 4 nitrogen and oxygen atoms in total. The maximum atomic E-state index is 11.1. The van der Waals surface area contributed by atoms with Gasteiger partial charge >= 0.3 is 0 Å². The van der Waals surface area contributed by atoms with Crippen molar-refractivity contribution in [3.05, 3.63) is 24.0 Å². The highest BCUT2D eigenvalue weighted by Gasteiger charge is 2.03. The van der Waals surface area contributed by atoms with Gasteiger partial charge in [-0.05, 0) is 18.6 Å². The quantitative estimate of drug-likeness (QED) is 0.628. The molecule has 13 heavy (non-hydrogen) atoms. The second-order valence-electron chi connectivity index (χ2n) is 3.18. The van der Waals surface area contributed by atoms with Gasteiger partial charge in [-0.25, -0.2) is 0 Å². The van der Waals surface area contributed by atoms with Crippen LogP contribution in [-0.4, -0.2) is 16.9 Å². The molecule has 1 aromatic rings. The standard InChI is InChI=1S/C9H15N3O/c1-7(10)4-9(13)12-6-8-2-3-11-5-8/h2-3,5,7,11H,4,6,10H2,1H3,(H,12,13). The van der Waals surface area contributed by atoms with E-state index in [4.69, 9.17) is 5.73 Å². The Labute approximate surface area is 77.5 Å². The molecule has 0 fully saturated rings. The number of H-pyrrole nitrogens is 1. The summed E-state index contributed by atoms with van der Waals surface area (Å²) < 4.78 is 0. The van der Waals surface area contributed by atoms with Crippen LogP contribution in [0.25, 0.3) is 0 Å². The molecule has 0 saturated heterocycles. The molecule has 72 valence electrons. The van der Waals surface area contributed by atoms with Gasteiger partial charge in [0.15, 0.2) is 0 Å². The Kier molecular flexibility index (Phi) is 3.52. The highest BCUT2D eigenvalue weighted by Crippen LogP contribution is 1.95. The van der Waals surface area contributed by atoms with Crippen LogP contribution in [0.2, 0.25) is 0 Å². The van der Waals surface area contributed by atoms with Gasteiger partial charge in [0.2, 0.25) is 5.91 Å². The summed E-state index contributed by atoms with van der Waals surface area (Å²) in [4.78, 5) is 14.1. The fourth-order valence-corrected chi connectivity index (χ4v) is 1.03. The lowest BCUT2D eigenvalue weighted by Crippen LogP contribution is -2.29. The van der Waals surface area contributed by atoms with Crippen molar-refractivity contribution in [3.8, 4) is 0 Å². The van der Waals surface area contributed by atoms with Crippen molar-refractivity contribution in [3.63, 3.8) is 0 Å². The maximum absolute atomic E-state index is 11.1. The fraction of sp³-hybridized carbons (Fsp3) is 0.444. The molecule has 1 aromatic heterocycles. The van der Waals surface area contributed by atoms with Crippen LogP contribution in [0.5, 0.6) is 0 Å². The normalized spacial score (nSPS) is 12.5. The number of hydrogen-bond acceptors (Lipinski definition) is 2. The van der Waals surface area contributed by atoms with Gasteiger partial charge in [0, 0.05) is 31.4 Å². The van der Waals surface area contributed by atoms with E-state index in [0.717, 1.165) is 5.56 Å². The second-order valence-corrected chi connectivity index (χ2v) is 3.18. The first-order valence-corrected chi connectivity index (χ1v) is 4.32. The summed E-state index contributed by atoms with van der Waals surface area (Å²) in [7, 11) is 0. The molecule has 0 saturated carbocycles. The first-order chi connectivity index (χ1) is 6.18. The summed E-state index contributed by atoms with van der Waals surface area (Å²) in [6.07, 6.45) is 4.06. The zero-order valence-corrected chi connectivity index (χ0v) is 7.71. The van der Waals surface area contributed by atoms with Crippen molar-refractivity contribution >= 4 is 5.91 Å². The molecular formula is C9H15N3O. The topological polar surface area (TPSA) is 70.9 Å². The van der Waals surface area contributed by atoms with Crippen LogP contribution in [0.15, 0.2) is 18.5 Å². The van der Waals surface area contributed by atoms with Crippen molar-refractivity contribution < 1.29 is 4.79 Å². The Bertz CT molecular complexity index is 254. The lowest BCUT2D eigenvalue weighted by atomic mass is 10.2. The van der Waals surface area contributed by atoms with Gasteiger partial charge in [0.05, 0.1) is 0 Å². The van der Waals surface area contributed by atoms with Crippen molar-refractivity contribution in [1.82, 2.24) is 10.3 Å². The minimum Gasteiger partial charge on any atom is -0.367 e. The zero-order valence-electron chi connectivity index (χ0n) is 7.71. The van der Waals surface area contributed by atoms with E-state index < -0.39 is 0 Å². The number of nitrogens with one attached hydrogen (secondary N) is 2. The van der Waals surface area contributed by atoms with Gasteiger partial charge in [-0.1, -0.05) is 0 Å². The summed E-state index contributed by atoms with van der Waals surface area (Å²) in [5.74, 6) is -0.00352. The van der Waals surface area contributed by atoms with E-state index in [1.807, 2.05) is 25.4 Å². The highest BCUT2D eigenvalue weighted by molar-refractivity contribution is 5.76. The van der Waals surface area contributed by atoms with Gasteiger partial charge < -0.3 is 16.0 Å². The molecule has 0 aliphatic carbocycles. The Morgan fingerprint density at radius 1 is 1.77 bits per heavy atom. The molecule has 0 spiro atoms. The molecule has 1 atom stereocenters. The molecule has 4 heteroatoms. The summed E-state index contributed by atoms with van der Waals surface area (Å²) >= 11 is 0. The number of amides is 1. The van der Waals surface area contributed by atoms with Crippen LogP contribution < -0.4 is 11.1 Å². The summed E-state index contributed by atoms with van der Waals surface area (Å²) in [5.41, 5.74) is 6.54. The third-order valence-corrected chi connectivity index (χ3v) is 1.66. The van der Waals surface area contributed by atoms with Crippen molar-refractivity contribution in [2.24, 2.45) is 5.73 Å². The number of carbonyl (C=O) groups excluding carboxylic acids is 1. The molecule has 1 rings (SSSR count). The SMILES string of the molecule is CC(N)CC(=O)NCc1cc[nH]c1. The number of nitrogens with two attached hydrogens (primary N) is 1. The molecule has 0 bridgehead atoms. The predicted molar refractivity (Wildman–Crippen MR) is 50.9 cm³/mol. The summed E-state index contributed by atoms with van der Waals surface area (Å²) in [6.45, 7) is 2.38. The van der Waals surface area contributed by atoms with Crippen LogP contribution in [0.4, 0.5) is 0 Å². The second kappa shape index (κ2) is 4.67. The monoisotopic (exact) mass is 181 g/mol. The van der Waals surface area contributed by atoms with E-state index in [1.54, 1.807) is 0 Å². The third kappa shape index (κ3) is 3.75. The minimum absolute atomic E-state index is 0.00352. The van der Waals surface area contributed by atoms with Gasteiger partial charge in [-0.3, -0.25) is 4.79 Å². The largest absolute Gasteiger partial charge is 0.367 e. The Balaban J connectivity index is 2.23. The minimum atomic E-state index is -0.0776. The molecule has 1 unspecified atom stereocenters. The van der Waals surface area contributed by atoms with Crippen molar-refractivity contribution in [2.75, 3.05) is 0 Å². The lowest BCUT2D eigenvalue weighted by molar-refractivity contribution is -0.121. The Hall–Kier alpha value is -1.29. The smallest absolute Gasteiger partial charge is 0.221 e. The van der Waals surface area contributed by atoms with E-state index in [1.165, 1.54) is 0 Å². The molecular weight excluding hydrogens is 166 g/mol. The van der Waals surface area contributed by atoms with Crippen LogP contribution >= 0.6 is 0 Å². The molecule has 1 amide bonds. The Morgan fingerprint density at radius 3 is 3.08 bits per heavy atom. The molecule has 0 aromatic carbocycles. The average Bonchev–Trinajstić information content (AvgIpc) is 2.51. The zero-order chi connectivity index (χ0) is 9.68. The van der Waals surface area contributed by atoms with Crippen LogP contribution in [0, 0.1) is 0 Å². The molecule has 0 aliphatic rings. The van der Waals surface area contributed by atoms with E-state index in [9.17, 15) is 4.79 Å². The van der Waals surface area contributed by atoms with E-state index in [-0.39, 0.29) is 11.9 Å². The summed E-state index contributed by atoms with van der Waals surface area (Å²) in [5, 5.41) is 2.78. The average molecular weight is 181 g/mol. The predicted octanol–water partition coefficient (Wildman–Crippen LogP) is 0.368. The number of carbonyl (C=O) groups is 1. The molecule has 0 aliphatic heterocycles. The van der Waals surface area contributed by atoms with Crippen LogP contribution in [-0.2, 0) is 11.3 Å².